The molecule has 0 aliphatic heterocycles. The average molecular weight is 117 g/mol. The van der Waals surface area contributed by atoms with Crippen molar-refractivity contribution in [2.75, 3.05) is 0 Å². The molecule has 0 atom stereocenters. The molecule has 1 heterocycles. The Kier molecular flexibility index (Phi) is 1.04. The minimum absolute atomic E-state index is 0.238. The summed E-state index contributed by atoms with van der Waals surface area (Å²) in [5, 5.41) is 0. The fourth-order valence-corrected chi connectivity index (χ4v) is 0.494. The van der Waals surface area contributed by atoms with E-state index in [4.69, 9.17) is 0 Å². The van der Waals surface area contributed by atoms with E-state index >= 15 is 0 Å². The highest BCUT2D eigenvalue weighted by Gasteiger charge is 1.99. The number of nitrogens with one attached hydrogen (secondary N) is 1. The lowest BCUT2D eigenvalue weighted by atomic mass is 10.5. The third kappa shape index (κ3) is 0.710. The third-order valence-corrected chi connectivity index (χ3v) is 0.919. The van der Waals surface area contributed by atoms with Crippen LogP contribution in [0.15, 0.2) is 6.07 Å². The molecule has 0 saturated carbocycles. The van der Waals surface area contributed by atoms with Crippen molar-refractivity contribution in [2.24, 2.45) is 0 Å². The summed E-state index contributed by atoms with van der Waals surface area (Å²) in [5.74, 6) is -1.15. The van der Waals surface area contributed by atoms with Gasteiger partial charge in [-0.2, -0.15) is 4.39 Å². The van der Waals surface area contributed by atoms with E-state index < -0.39 is 11.8 Å². The molecule has 1 N–H and O–H groups in total. The molecular weight excluding hydrogens is 112 g/mol. The largest absolute Gasteiger partial charge is 0.333 e. The van der Waals surface area contributed by atoms with E-state index in [1.807, 2.05) is 0 Å². The molecule has 0 bridgehead atoms. The Morgan fingerprint density at radius 1 is 1.50 bits per heavy atom. The first-order valence-electron chi connectivity index (χ1n) is 2.21. The first-order chi connectivity index (χ1) is 3.70. The van der Waals surface area contributed by atoms with Crippen LogP contribution < -0.4 is 0 Å². The van der Waals surface area contributed by atoms with E-state index in [-0.39, 0.29) is 5.69 Å². The van der Waals surface area contributed by atoms with Crippen molar-refractivity contribution >= 4 is 0 Å². The topological polar surface area (TPSA) is 15.8 Å². The highest BCUT2D eigenvalue weighted by Crippen LogP contribution is 2.04. The molecule has 0 aliphatic carbocycles. The molecule has 0 radical (unpaired) electrons. The van der Waals surface area contributed by atoms with Crippen molar-refractivity contribution < 1.29 is 8.78 Å². The molecule has 0 aromatic carbocycles. The Morgan fingerprint density at radius 3 is 2.25 bits per heavy atom. The van der Waals surface area contributed by atoms with Crippen LogP contribution in [0.2, 0.25) is 0 Å². The van der Waals surface area contributed by atoms with Gasteiger partial charge in [-0.1, -0.05) is 0 Å². The number of aryl methyl sites for hydroxylation is 1. The lowest BCUT2D eigenvalue weighted by Gasteiger charge is -1.77. The van der Waals surface area contributed by atoms with E-state index in [9.17, 15) is 8.78 Å². The van der Waals surface area contributed by atoms with Crippen molar-refractivity contribution in [1.29, 1.82) is 0 Å². The van der Waals surface area contributed by atoms with Gasteiger partial charge in [0, 0.05) is 6.07 Å². The lowest BCUT2D eigenvalue weighted by molar-refractivity contribution is 0.585. The van der Waals surface area contributed by atoms with Gasteiger partial charge in [0.1, 0.15) is 5.82 Å². The van der Waals surface area contributed by atoms with Crippen LogP contribution >= 0.6 is 0 Å². The molecule has 0 spiro atoms. The van der Waals surface area contributed by atoms with E-state index in [0.717, 1.165) is 6.07 Å². The van der Waals surface area contributed by atoms with Gasteiger partial charge in [0.25, 0.3) is 0 Å². The quantitative estimate of drug-likeness (QED) is 0.531. The molecule has 0 aliphatic rings. The molecule has 0 amide bonds. The lowest BCUT2D eigenvalue weighted by Crippen LogP contribution is -1.72. The maximum atomic E-state index is 12.1. The van der Waals surface area contributed by atoms with E-state index in [1.54, 1.807) is 0 Å². The standard InChI is InChI=1S/C5H5F2N/c1-3-4(6)2-5(7)8-3/h2,8H,1H3. The zero-order chi connectivity index (χ0) is 6.15. The second-order valence-corrected chi connectivity index (χ2v) is 1.59. The predicted octanol–water partition coefficient (Wildman–Crippen LogP) is 1.60. The van der Waals surface area contributed by atoms with E-state index in [0.29, 0.717) is 0 Å². The average Bonchev–Trinajstić information content (AvgIpc) is 1.85. The van der Waals surface area contributed by atoms with Gasteiger partial charge in [-0.15, -0.1) is 0 Å². The van der Waals surface area contributed by atoms with Crippen LogP contribution in [-0.4, -0.2) is 4.98 Å². The highest BCUT2D eigenvalue weighted by molar-refractivity contribution is 5.05. The Balaban J connectivity index is 3.14. The van der Waals surface area contributed by atoms with Crippen LogP contribution in [-0.2, 0) is 0 Å². The Labute approximate surface area is 45.3 Å². The summed E-state index contributed by atoms with van der Waals surface area (Å²) in [7, 11) is 0. The normalized spacial score (nSPS) is 9.88. The van der Waals surface area contributed by atoms with Gasteiger partial charge in [0.2, 0.25) is 0 Å². The third-order valence-electron chi connectivity index (χ3n) is 0.919. The molecule has 44 valence electrons. The zero-order valence-corrected chi connectivity index (χ0v) is 4.33. The summed E-state index contributed by atoms with van der Waals surface area (Å²) in [6, 6.07) is 0.815. The number of halogens is 2. The number of hydrogen-bond acceptors (Lipinski definition) is 0. The Morgan fingerprint density at radius 2 is 2.12 bits per heavy atom. The zero-order valence-electron chi connectivity index (χ0n) is 4.33. The van der Waals surface area contributed by atoms with Crippen LogP contribution in [0.4, 0.5) is 8.78 Å². The second-order valence-electron chi connectivity index (χ2n) is 1.59. The monoisotopic (exact) mass is 117 g/mol. The van der Waals surface area contributed by atoms with Crippen LogP contribution in [0.3, 0.4) is 0 Å². The summed E-state index contributed by atoms with van der Waals surface area (Å²) in [6.07, 6.45) is 0. The summed E-state index contributed by atoms with van der Waals surface area (Å²) >= 11 is 0. The maximum absolute atomic E-state index is 12.1. The van der Waals surface area contributed by atoms with Gasteiger partial charge in [-0.3, -0.25) is 0 Å². The first kappa shape index (κ1) is 5.28. The Bertz CT molecular complexity index is 173. The van der Waals surface area contributed by atoms with Crippen molar-refractivity contribution in [3.8, 4) is 0 Å². The van der Waals surface area contributed by atoms with Gasteiger partial charge in [0.05, 0.1) is 5.69 Å². The number of rotatable bonds is 0. The van der Waals surface area contributed by atoms with Crippen molar-refractivity contribution in [3.05, 3.63) is 23.5 Å². The van der Waals surface area contributed by atoms with Gasteiger partial charge >= 0.3 is 0 Å². The summed E-state index contributed by atoms with van der Waals surface area (Å²) < 4.78 is 24.0. The summed E-state index contributed by atoms with van der Waals surface area (Å²) in [5.41, 5.74) is 0.238. The molecule has 1 rings (SSSR count). The number of aromatic nitrogens is 1. The van der Waals surface area contributed by atoms with Crippen LogP contribution in [0.1, 0.15) is 5.69 Å². The molecule has 0 unspecified atom stereocenters. The fourth-order valence-electron chi connectivity index (χ4n) is 0.494. The summed E-state index contributed by atoms with van der Waals surface area (Å²) in [6.45, 7) is 1.47. The van der Waals surface area contributed by atoms with Crippen LogP contribution in [0.25, 0.3) is 0 Å². The molecule has 8 heavy (non-hydrogen) atoms. The minimum atomic E-state index is -0.625. The van der Waals surface area contributed by atoms with Crippen molar-refractivity contribution in [2.45, 2.75) is 6.92 Å². The first-order valence-corrected chi connectivity index (χ1v) is 2.21. The molecule has 3 heteroatoms. The molecule has 1 aromatic heterocycles. The van der Waals surface area contributed by atoms with Crippen molar-refractivity contribution in [1.82, 2.24) is 4.98 Å². The Hall–Kier alpha value is -0.860. The fraction of sp³-hybridized carbons (Fsp3) is 0.200. The molecule has 0 saturated heterocycles. The number of aromatic amines is 1. The van der Waals surface area contributed by atoms with Crippen LogP contribution in [0, 0.1) is 18.7 Å². The van der Waals surface area contributed by atoms with Gasteiger partial charge in [-0.25, -0.2) is 4.39 Å². The van der Waals surface area contributed by atoms with Gasteiger partial charge in [0.15, 0.2) is 5.95 Å². The van der Waals surface area contributed by atoms with Gasteiger partial charge < -0.3 is 4.98 Å². The smallest absolute Gasteiger partial charge is 0.194 e. The van der Waals surface area contributed by atoms with E-state index in [1.165, 1.54) is 6.92 Å². The van der Waals surface area contributed by atoms with Crippen molar-refractivity contribution in [3.63, 3.8) is 0 Å². The maximum Gasteiger partial charge on any atom is 0.194 e. The number of H-pyrrole nitrogens is 1. The summed E-state index contributed by atoms with van der Waals surface area (Å²) in [4.78, 5) is 2.17. The molecular formula is C5H5F2N. The predicted molar refractivity (Wildman–Crippen MR) is 25.4 cm³/mol. The molecule has 0 fully saturated rings. The highest BCUT2D eigenvalue weighted by atomic mass is 19.1. The number of hydrogen-bond donors (Lipinski definition) is 1. The van der Waals surface area contributed by atoms with Gasteiger partial charge in [-0.05, 0) is 6.92 Å². The minimum Gasteiger partial charge on any atom is -0.333 e. The molecule has 1 aromatic rings. The van der Waals surface area contributed by atoms with Crippen LogP contribution in [0.5, 0.6) is 0 Å². The SMILES string of the molecule is Cc1[nH]c(F)cc1F. The second kappa shape index (κ2) is 1.58. The molecule has 1 nitrogen and oxygen atoms in total. The van der Waals surface area contributed by atoms with E-state index in [2.05, 4.69) is 4.98 Å².